The van der Waals surface area contributed by atoms with Crippen LogP contribution in [0.3, 0.4) is 0 Å². The molecule has 116 valence electrons. The molecular weight excluding hydrogens is 262 g/mol. The summed E-state index contributed by atoms with van der Waals surface area (Å²) in [6.45, 7) is 7.41. The van der Waals surface area contributed by atoms with E-state index in [1.165, 1.54) is 5.82 Å². The zero-order valence-electron chi connectivity index (χ0n) is 13.0. The third kappa shape index (κ3) is 2.94. The minimum Gasteiger partial charge on any atom is -0.379 e. The van der Waals surface area contributed by atoms with E-state index >= 15 is 0 Å². The number of hydrogen-bond acceptors (Lipinski definition) is 5. The largest absolute Gasteiger partial charge is 0.379 e. The van der Waals surface area contributed by atoms with Gasteiger partial charge in [0, 0.05) is 31.9 Å². The lowest BCUT2D eigenvalue weighted by molar-refractivity contribution is 0.0555. The Bertz CT molecular complexity index is 452. The fourth-order valence-electron chi connectivity index (χ4n) is 3.30. The molecule has 0 aromatic heterocycles. The predicted molar refractivity (Wildman–Crippen MR) is 85.9 cm³/mol. The monoisotopic (exact) mass is 289 g/mol. The van der Waals surface area contributed by atoms with Gasteiger partial charge in [-0.2, -0.15) is 0 Å². The molecule has 2 heterocycles. The minimum atomic E-state index is 0.341. The molecular formula is C16H27N5. The average molecular weight is 289 g/mol. The van der Waals surface area contributed by atoms with Gasteiger partial charge in [-0.1, -0.05) is 44.6 Å². The van der Waals surface area contributed by atoms with E-state index < -0.39 is 0 Å². The fraction of sp³-hybridized carbons (Fsp3) is 0.625. The molecule has 0 spiro atoms. The lowest BCUT2D eigenvalue weighted by atomic mass is 9.96. The summed E-state index contributed by atoms with van der Waals surface area (Å²) in [6, 6.07) is 1.12. The molecule has 1 saturated heterocycles. The van der Waals surface area contributed by atoms with Crippen molar-refractivity contribution >= 4 is 0 Å². The van der Waals surface area contributed by atoms with Crippen LogP contribution in [0.5, 0.6) is 0 Å². The van der Waals surface area contributed by atoms with Gasteiger partial charge in [-0.15, -0.1) is 0 Å². The van der Waals surface area contributed by atoms with Crippen LogP contribution >= 0.6 is 0 Å². The molecule has 2 aliphatic heterocycles. The number of nitrogens with two attached hydrogens (primary N) is 1. The highest BCUT2D eigenvalue weighted by atomic mass is 15.5. The third-order valence-electron chi connectivity index (χ3n) is 4.96. The van der Waals surface area contributed by atoms with Crippen molar-refractivity contribution in [2.45, 2.75) is 38.4 Å². The predicted octanol–water partition coefficient (Wildman–Crippen LogP) is 0.747. The summed E-state index contributed by atoms with van der Waals surface area (Å²) >= 11 is 0. The molecule has 3 rings (SSSR count). The molecule has 0 amide bonds. The van der Waals surface area contributed by atoms with Gasteiger partial charge >= 0.3 is 0 Å². The van der Waals surface area contributed by atoms with Crippen LogP contribution < -0.4 is 16.5 Å². The van der Waals surface area contributed by atoms with Crippen molar-refractivity contribution in [2.24, 2.45) is 11.8 Å². The second-order valence-electron chi connectivity index (χ2n) is 6.30. The van der Waals surface area contributed by atoms with Crippen LogP contribution in [-0.2, 0) is 0 Å². The number of nitrogens with one attached hydrogen (secondary N) is 2. The molecule has 5 heteroatoms. The molecule has 4 atom stereocenters. The van der Waals surface area contributed by atoms with Crippen molar-refractivity contribution in [3.63, 3.8) is 0 Å². The highest BCUT2D eigenvalue weighted by molar-refractivity contribution is 5.25. The maximum Gasteiger partial charge on any atom is 0.118 e. The number of hydrazine groups is 1. The van der Waals surface area contributed by atoms with Crippen LogP contribution in [0, 0.1) is 5.92 Å². The van der Waals surface area contributed by atoms with Gasteiger partial charge < -0.3 is 15.5 Å². The molecule has 1 aliphatic carbocycles. The van der Waals surface area contributed by atoms with Crippen LogP contribution in [0.15, 0.2) is 36.3 Å². The van der Waals surface area contributed by atoms with E-state index in [9.17, 15) is 0 Å². The van der Waals surface area contributed by atoms with E-state index in [2.05, 4.69) is 59.9 Å². The van der Waals surface area contributed by atoms with Crippen LogP contribution in [0.25, 0.3) is 0 Å². The van der Waals surface area contributed by atoms with Gasteiger partial charge in [-0.25, -0.2) is 5.01 Å². The van der Waals surface area contributed by atoms with Gasteiger partial charge in [0.1, 0.15) is 5.82 Å². The SMILES string of the molecule is CCC(C)C1CN(C2=CNC3C=CC=CC3N2)CCN1N. The Labute approximate surface area is 127 Å². The van der Waals surface area contributed by atoms with Gasteiger partial charge in [0.05, 0.1) is 12.1 Å². The maximum absolute atomic E-state index is 6.18. The molecule has 1 fully saturated rings. The van der Waals surface area contributed by atoms with Crippen LogP contribution in [-0.4, -0.2) is 47.7 Å². The average Bonchev–Trinajstić information content (AvgIpc) is 2.54. The standard InChI is InChI=1S/C16H27N5/c1-3-12(2)15-11-20(8-9-21(15)17)16-10-18-13-6-4-5-7-14(13)19-16/h4-7,10,12-15,18-19H,3,8-9,11,17H2,1-2H3. The molecule has 0 aromatic carbocycles. The quantitative estimate of drug-likeness (QED) is 0.669. The van der Waals surface area contributed by atoms with E-state index in [0.29, 0.717) is 24.0 Å². The van der Waals surface area contributed by atoms with Crippen molar-refractivity contribution in [1.82, 2.24) is 20.5 Å². The highest BCUT2D eigenvalue weighted by Crippen LogP contribution is 2.21. The second-order valence-corrected chi connectivity index (χ2v) is 6.30. The summed E-state index contributed by atoms with van der Waals surface area (Å²) in [4.78, 5) is 2.43. The zero-order valence-corrected chi connectivity index (χ0v) is 13.0. The summed E-state index contributed by atoms with van der Waals surface area (Å²) in [5, 5.41) is 9.15. The fourth-order valence-corrected chi connectivity index (χ4v) is 3.30. The number of rotatable bonds is 3. The van der Waals surface area contributed by atoms with E-state index in [1.807, 2.05) is 5.01 Å². The Morgan fingerprint density at radius 2 is 2.05 bits per heavy atom. The van der Waals surface area contributed by atoms with Gasteiger partial charge in [-0.05, 0) is 5.92 Å². The molecule has 3 aliphatic rings. The number of piperazine rings is 1. The number of fused-ring (bicyclic) bond motifs is 1. The van der Waals surface area contributed by atoms with Crippen LogP contribution in [0.1, 0.15) is 20.3 Å². The van der Waals surface area contributed by atoms with Gasteiger partial charge in [-0.3, -0.25) is 5.84 Å². The molecule has 5 nitrogen and oxygen atoms in total. The van der Waals surface area contributed by atoms with Crippen molar-refractivity contribution in [2.75, 3.05) is 19.6 Å². The first-order valence-corrected chi connectivity index (χ1v) is 8.03. The van der Waals surface area contributed by atoms with Gasteiger partial charge in [0.15, 0.2) is 0 Å². The first kappa shape index (κ1) is 14.5. The minimum absolute atomic E-state index is 0.341. The third-order valence-corrected chi connectivity index (χ3v) is 4.96. The number of allylic oxidation sites excluding steroid dienone is 2. The normalized spacial score (nSPS) is 33.8. The summed E-state index contributed by atoms with van der Waals surface area (Å²) in [6.07, 6.45) is 11.9. The molecule has 21 heavy (non-hydrogen) atoms. The lowest BCUT2D eigenvalue weighted by Crippen LogP contribution is -2.61. The smallest absolute Gasteiger partial charge is 0.118 e. The zero-order chi connectivity index (χ0) is 14.8. The molecule has 4 N–H and O–H groups in total. The summed E-state index contributed by atoms with van der Waals surface area (Å²) in [5.74, 6) is 7.99. The van der Waals surface area contributed by atoms with Crippen molar-refractivity contribution in [3.05, 3.63) is 36.3 Å². The first-order valence-electron chi connectivity index (χ1n) is 8.03. The molecule has 0 bridgehead atoms. The molecule has 0 radical (unpaired) electrons. The van der Waals surface area contributed by atoms with Crippen molar-refractivity contribution < 1.29 is 0 Å². The van der Waals surface area contributed by atoms with Crippen LogP contribution in [0.2, 0.25) is 0 Å². The Kier molecular flexibility index (Phi) is 4.22. The van der Waals surface area contributed by atoms with E-state index in [1.54, 1.807) is 0 Å². The summed E-state index contributed by atoms with van der Waals surface area (Å²) in [5.41, 5.74) is 0. The highest BCUT2D eigenvalue weighted by Gasteiger charge is 2.32. The Morgan fingerprint density at radius 3 is 2.81 bits per heavy atom. The molecule has 0 saturated carbocycles. The topological polar surface area (TPSA) is 56.6 Å². The Hall–Kier alpha value is -1.46. The number of nitrogens with zero attached hydrogens (tertiary/aromatic N) is 2. The van der Waals surface area contributed by atoms with E-state index in [4.69, 9.17) is 5.84 Å². The van der Waals surface area contributed by atoms with Crippen LogP contribution in [0.4, 0.5) is 0 Å². The van der Waals surface area contributed by atoms with E-state index in [-0.39, 0.29) is 0 Å². The summed E-state index contributed by atoms with van der Waals surface area (Å²) < 4.78 is 0. The molecule has 0 aromatic rings. The second kappa shape index (κ2) is 6.12. The number of hydrogen-bond donors (Lipinski definition) is 3. The molecule has 4 unspecified atom stereocenters. The van der Waals surface area contributed by atoms with Gasteiger partial charge in [0.25, 0.3) is 0 Å². The Balaban J connectivity index is 1.68. The Morgan fingerprint density at radius 1 is 1.29 bits per heavy atom. The van der Waals surface area contributed by atoms with Crippen molar-refractivity contribution in [3.8, 4) is 0 Å². The summed E-state index contributed by atoms with van der Waals surface area (Å²) in [7, 11) is 0. The van der Waals surface area contributed by atoms with Gasteiger partial charge in [0.2, 0.25) is 0 Å². The van der Waals surface area contributed by atoms with E-state index in [0.717, 1.165) is 26.1 Å². The lowest BCUT2D eigenvalue weighted by Gasteiger charge is -2.45. The first-order chi connectivity index (χ1) is 10.2. The van der Waals surface area contributed by atoms with Crippen molar-refractivity contribution in [1.29, 1.82) is 0 Å². The maximum atomic E-state index is 6.18.